The van der Waals surface area contributed by atoms with Crippen molar-refractivity contribution in [3.05, 3.63) is 35.9 Å². The first-order valence-corrected chi connectivity index (χ1v) is 6.87. The Balaban J connectivity index is 2.52. The predicted molar refractivity (Wildman–Crippen MR) is 78.1 cm³/mol. The van der Waals surface area contributed by atoms with Crippen LogP contribution in [0.5, 0.6) is 0 Å². The Hall–Kier alpha value is -2.35. The van der Waals surface area contributed by atoms with Crippen molar-refractivity contribution in [3.63, 3.8) is 0 Å². The van der Waals surface area contributed by atoms with E-state index in [1.165, 1.54) is 7.11 Å². The van der Waals surface area contributed by atoms with E-state index in [0.717, 1.165) is 5.56 Å². The summed E-state index contributed by atoms with van der Waals surface area (Å²) in [4.78, 5) is 23.5. The lowest BCUT2D eigenvalue weighted by molar-refractivity contribution is -0.145. The number of esters is 1. The highest BCUT2D eigenvalue weighted by Crippen LogP contribution is 2.08. The SMILES string of the molecule is COC(=O)[C@@H](C[C@H](C)C#N)NC(=O)CCc1ccccc1. The van der Waals surface area contributed by atoms with Crippen molar-refractivity contribution in [1.82, 2.24) is 5.32 Å². The molecule has 0 aliphatic carbocycles. The van der Waals surface area contributed by atoms with Gasteiger partial charge in [-0.15, -0.1) is 0 Å². The zero-order valence-corrected chi connectivity index (χ0v) is 12.3. The van der Waals surface area contributed by atoms with Crippen LogP contribution in [0.4, 0.5) is 0 Å². The van der Waals surface area contributed by atoms with Crippen LogP contribution < -0.4 is 5.32 Å². The molecular formula is C16H20N2O3. The summed E-state index contributed by atoms with van der Waals surface area (Å²) in [6, 6.07) is 10.9. The number of carbonyl (C=O) groups is 2. The Morgan fingerprint density at radius 2 is 2.00 bits per heavy atom. The van der Waals surface area contributed by atoms with Crippen LogP contribution in [0.2, 0.25) is 0 Å². The average Bonchev–Trinajstić information content (AvgIpc) is 2.52. The smallest absolute Gasteiger partial charge is 0.328 e. The molecule has 1 aromatic rings. The monoisotopic (exact) mass is 288 g/mol. The van der Waals surface area contributed by atoms with Crippen LogP contribution in [0, 0.1) is 17.2 Å². The zero-order chi connectivity index (χ0) is 15.7. The number of rotatable bonds is 7. The lowest BCUT2D eigenvalue weighted by Gasteiger charge is -2.17. The van der Waals surface area contributed by atoms with Crippen molar-refractivity contribution >= 4 is 11.9 Å². The Morgan fingerprint density at radius 3 is 2.57 bits per heavy atom. The maximum Gasteiger partial charge on any atom is 0.328 e. The molecule has 0 bridgehead atoms. The van der Waals surface area contributed by atoms with E-state index in [0.29, 0.717) is 12.8 Å². The second kappa shape index (κ2) is 8.75. The van der Waals surface area contributed by atoms with E-state index in [9.17, 15) is 9.59 Å². The highest BCUT2D eigenvalue weighted by molar-refractivity contribution is 5.84. The molecule has 0 aliphatic rings. The molecule has 0 unspecified atom stereocenters. The number of methoxy groups -OCH3 is 1. The van der Waals surface area contributed by atoms with Crippen molar-refractivity contribution < 1.29 is 14.3 Å². The number of nitrogens with one attached hydrogen (secondary N) is 1. The summed E-state index contributed by atoms with van der Waals surface area (Å²) >= 11 is 0. The molecule has 1 amide bonds. The second-order valence-electron chi connectivity index (χ2n) is 4.89. The minimum atomic E-state index is -0.770. The van der Waals surface area contributed by atoms with Gasteiger partial charge >= 0.3 is 5.97 Å². The van der Waals surface area contributed by atoms with E-state index in [4.69, 9.17) is 5.26 Å². The standard InChI is InChI=1S/C16H20N2O3/c1-12(11-17)10-14(16(20)21-2)18-15(19)9-8-13-6-4-3-5-7-13/h3-7,12,14H,8-10H2,1-2H3,(H,18,19)/t12-,14+/m0/s1. The fourth-order valence-corrected chi connectivity index (χ4v) is 1.93. The molecule has 2 atom stereocenters. The van der Waals surface area contributed by atoms with Crippen molar-refractivity contribution in [1.29, 1.82) is 5.26 Å². The minimum absolute atomic E-state index is 0.223. The van der Waals surface area contributed by atoms with Gasteiger partial charge in [0.2, 0.25) is 5.91 Å². The molecule has 0 aromatic heterocycles. The molecule has 5 nitrogen and oxygen atoms in total. The van der Waals surface area contributed by atoms with Crippen molar-refractivity contribution in [2.75, 3.05) is 7.11 Å². The number of hydrogen-bond donors (Lipinski definition) is 1. The summed E-state index contributed by atoms with van der Waals surface area (Å²) in [6.45, 7) is 1.70. The topological polar surface area (TPSA) is 79.2 Å². The molecular weight excluding hydrogens is 268 g/mol. The minimum Gasteiger partial charge on any atom is -0.467 e. The van der Waals surface area contributed by atoms with Gasteiger partial charge in [0.25, 0.3) is 0 Å². The number of nitriles is 1. The normalized spacial score (nSPS) is 12.8. The van der Waals surface area contributed by atoms with Crippen LogP contribution in [0.25, 0.3) is 0 Å². The third-order valence-corrected chi connectivity index (χ3v) is 3.11. The number of aryl methyl sites for hydroxylation is 1. The Morgan fingerprint density at radius 1 is 1.33 bits per heavy atom. The van der Waals surface area contributed by atoms with E-state index in [2.05, 4.69) is 10.1 Å². The van der Waals surface area contributed by atoms with Gasteiger partial charge in [-0.2, -0.15) is 5.26 Å². The van der Waals surface area contributed by atoms with Gasteiger partial charge in [0.05, 0.1) is 13.2 Å². The van der Waals surface area contributed by atoms with Crippen LogP contribution >= 0.6 is 0 Å². The summed E-state index contributed by atoms with van der Waals surface area (Å²) in [5, 5.41) is 11.4. The Bertz CT molecular complexity index is 508. The summed E-state index contributed by atoms with van der Waals surface area (Å²) in [5.41, 5.74) is 1.06. The third-order valence-electron chi connectivity index (χ3n) is 3.11. The van der Waals surface area contributed by atoms with Crippen LogP contribution in [0.3, 0.4) is 0 Å². The molecule has 0 fully saturated rings. The van der Waals surface area contributed by atoms with Gasteiger partial charge in [0, 0.05) is 12.3 Å². The molecule has 112 valence electrons. The molecule has 21 heavy (non-hydrogen) atoms. The zero-order valence-electron chi connectivity index (χ0n) is 12.3. The predicted octanol–water partition coefficient (Wildman–Crippen LogP) is 1.83. The molecule has 0 radical (unpaired) electrons. The fraction of sp³-hybridized carbons (Fsp3) is 0.438. The van der Waals surface area contributed by atoms with Crippen molar-refractivity contribution in [3.8, 4) is 6.07 Å². The largest absolute Gasteiger partial charge is 0.467 e. The van der Waals surface area contributed by atoms with Crippen LogP contribution in [-0.2, 0) is 20.7 Å². The fourth-order valence-electron chi connectivity index (χ4n) is 1.93. The number of benzene rings is 1. The number of amides is 1. The lowest BCUT2D eigenvalue weighted by Crippen LogP contribution is -2.42. The maximum atomic E-state index is 11.9. The number of hydrogen-bond acceptors (Lipinski definition) is 4. The molecule has 1 N–H and O–H groups in total. The van der Waals surface area contributed by atoms with Crippen LogP contribution in [-0.4, -0.2) is 25.0 Å². The Labute approximate surface area is 124 Å². The number of ether oxygens (including phenoxy) is 1. The lowest BCUT2D eigenvalue weighted by atomic mass is 10.0. The van der Waals surface area contributed by atoms with Crippen LogP contribution in [0.1, 0.15) is 25.3 Å². The first kappa shape index (κ1) is 16.7. The molecule has 0 saturated carbocycles. The van der Waals surface area contributed by atoms with Gasteiger partial charge in [-0.3, -0.25) is 4.79 Å². The summed E-state index contributed by atoms with van der Waals surface area (Å²) in [5.74, 6) is -1.08. The highest BCUT2D eigenvalue weighted by atomic mass is 16.5. The maximum absolute atomic E-state index is 11.9. The number of nitrogens with zero attached hydrogens (tertiary/aromatic N) is 1. The summed E-state index contributed by atoms with van der Waals surface area (Å²) in [6.07, 6.45) is 1.15. The van der Waals surface area contributed by atoms with Gasteiger partial charge < -0.3 is 10.1 Å². The van der Waals surface area contributed by atoms with Gasteiger partial charge in [0.15, 0.2) is 0 Å². The van der Waals surface area contributed by atoms with E-state index < -0.39 is 12.0 Å². The van der Waals surface area contributed by atoms with Crippen LogP contribution in [0.15, 0.2) is 30.3 Å². The molecule has 5 heteroatoms. The van der Waals surface area contributed by atoms with Gasteiger partial charge in [-0.25, -0.2) is 4.79 Å². The van der Waals surface area contributed by atoms with E-state index in [1.54, 1.807) is 6.92 Å². The molecule has 0 spiro atoms. The molecule has 0 heterocycles. The Kier molecular flexibility index (Phi) is 6.96. The quantitative estimate of drug-likeness (QED) is 0.776. The third kappa shape index (κ3) is 6.09. The van der Waals surface area contributed by atoms with E-state index >= 15 is 0 Å². The average molecular weight is 288 g/mol. The molecule has 0 saturated heterocycles. The van der Waals surface area contributed by atoms with Gasteiger partial charge in [-0.1, -0.05) is 30.3 Å². The van der Waals surface area contributed by atoms with Gasteiger partial charge in [-0.05, 0) is 25.3 Å². The van der Waals surface area contributed by atoms with Crippen molar-refractivity contribution in [2.24, 2.45) is 5.92 Å². The van der Waals surface area contributed by atoms with E-state index in [-0.39, 0.29) is 18.2 Å². The first-order valence-electron chi connectivity index (χ1n) is 6.87. The van der Waals surface area contributed by atoms with E-state index in [1.807, 2.05) is 36.4 Å². The molecule has 0 aliphatic heterocycles. The second-order valence-corrected chi connectivity index (χ2v) is 4.89. The highest BCUT2D eigenvalue weighted by Gasteiger charge is 2.23. The van der Waals surface area contributed by atoms with Crippen molar-refractivity contribution in [2.45, 2.75) is 32.2 Å². The summed E-state index contributed by atoms with van der Waals surface area (Å²) < 4.78 is 4.66. The molecule has 1 rings (SSSR count). The first-order chi connectivity index (χ1) is 10.1. The molecule has 1 aromatic carbocycles. The number of carbonyl (C=O) groups excluding carboxylic acids is 2. The van der Waals surface area contributed by atoms with Gasteiger partial charge in [0.1, 0.15) is 6.04 Å². The summed E-state index contributed by atoms with van der Waals surface area (Å²) in [7, 11) is 1.27.